The van der Waals surface area contributed by atoms with Gasteiger partial charge in [-0.05, 0) is 38.1 Å². The molecule has 4 heterocycles. The number of likely N-dealkylation sites (tertiary alicyclic amines) is 1. The number of benzene rings is 1. The predicted octanol–water partition coefficient (Wildman–Crippen LogP) is 5.37. The summed E-state index contributed by atoms with van der Waals surface area (Å²) in [5, 5.41) is 22.6. The number of fused-ring (bicyclic) bond motifs is 2. The topological polar surface area (TPSA) is 149 Å². The standard InChI is InChI=1S/C22H27N5.3C2HF3O2/c1-4-10-25(11-5-1)15-21-16-26(14-20-12-23-17-27(20)21)13-19-9-8-18-6-2-3-7-22(18)24-19;3*3-2(4,5)1(6)7/h2-3,6-9,12,17,21H,1,4-5,10-11,13-16H2;3*(H,6,7). The SMILES string of the molecule is O=C(O)C(F)(F)F.O=C(O)C(F)(F)F.O=C(O)C(F)(F)F.c1ccc2nc(CN3Cc4cncn4C(CN4CCCCC4)C3)ccc2c1. The highest BCUT2D eigenvalue weighted by molar-refractivity contribution is 5.78. The van der Waals surface area contributed by atoms with E-state index in [2.05, 4.69) is 55.7 Å². The van der Waals surface area contributed by atoms with Crippen LogP contribution in [0.15, 0.2) is 48.9 Å². The molecule has 5 rings (SSSR count). The Morgan fingerprint density at radius 3 is 1.79 bits per heavy atom. The quantitative estimate of drug-likeness (QED) is 0.303. The number of para-hydroxylation sites is 1. The zero-order valence-corrected chi connectivity index (χ0v) is 24.8. The van der Waals surface area contributed by atoms with E-state index in [4.69, 9.17) is 34.7 Å². The molecule has 2 aromatic heterocycles. The third-order valence-electron chi connectivity index (χ3n) is 6.68. The number of alkyl halides is 9. The molecule has 11 nitrogen and oxygen atoms in total. The molecule has 0 saturated carbocycles. The first-order valence-corrected chi connectivity index (χ1v) is 13.9. The second-order valence-electron chi connectivity index (χ2n) is 10.4. The van der Waals surface area contributed by atoms with Crippen LogP contribution in [0.5, 0.6) is 0 Å². The summed E-state index contributed by atoms with van der Waals surface area (Å²) in [5.74, 6) is -8.27. The lowest BCUT2D eigenvalue weighted by atomic mass is 10.1. The van der Waals surface area contributed by atoms with Gasteiger partial charge in [0, 0.05) is 37.8 Å². The van der Waals surface area contributed by atoms with Crippen molar-refractivity contribution in [1.29, 1.82) is 0 Å². The van der Waals surface area contributed by atoms with E-state index in [0.717, 1.165) is 37.4 Å². The number of hydrogen-bond acceptors (Lipinski definition) is 7. The largest absolute Gasteiger partial charge is 0.490 e. The van der Waals surface area contributed by atoms with E-state index in [-0.39, 0.29) is 0 Å². The van der Waals surface area contributed by atoms with Crippen molar-refractivity contribution in [2.24, 2.45) is 0 Å². The molecule has 48 heavy (non-hydrogen) atoms. The second-order valence-corrected chi connectivity index (χ2v) is 10.4. The molecular weight excluding hydrogens is 673 g/mol. The molecular formula is C28H30F9N5O6. The summed E-state index contributed by atoms with van der Waals surface area (Å²) in [4.78, 5) is 41.2. The van der Waals surface area contributed by atoms with Gasteiger partial charge in [0.2, 0.25) is 0 Å². The molecule has 1 saturated heterocycles. The summed E-state index contributed by atoms with van der Waals surface area (Å²) in [7, 11) is 0. The normalized spacial score (nSPS) is 17.0. The first kappa shape index (κ1) is 39.7. The Labute approximate surface area is 266 Å². The van der Waals surface area contributed by atoms with E-state index in [1.54, 1.807) is 0 Å². The summed E-state index contributed by atoms with van der Waals surface area (Å²) in [6.45, 7) is 6.52. The van der Waals surface area contributed by atoms with Crippen LogP contribution in [0.3, 0.4) is 0 Å². The van der Waals surface area contributed by atoms with Crippen molar-refractivity contribution in [2.75, 3.05) is 26.2 Å². The minimum atomic E-state index is -5.08. The minimum Gasteiger partial charge on any atom is -0.475 e. The average molecular weight is 704 g/mol. The fraction of sp³-hybridized carbons (Fsp3) is 0.464. The number of carbonyl (C=O) groups is 3. The summed E-state index contributed by atoms with van der Waals surface area (Å²) in [6.07, 6.45) is -7.13. The van der Waals surface area contributed by atoms with Crippen molar-refractivity contribution in [3.05, 3.63) is 60.3 Å². The molecule has 0 aliphatic carbocycles. The molecule has 3 N–H and O–H groups in total. The van der Waals surface area contributed by atoms with Crippen LogP contribution in [-0.2, 0) is 27.5 Å². The van der Waals surface area contributed by atoms with Gasteiger partial charge in [0.15, 0.2) is 0 Å². The first-order valence-electron chi connectivity index (χ1n) is 13.9. The lowest BCUT2D eigenvalue weighted by Gasteiger charge is -2.38. The Hall–Kier alpha value is -4.46. The van der Waals surface area contributed by atoms with Gasteiger partial charge in [0.1, 0.15) is 0 Å². The van der Waals surface area contributed by atoms with Crippen LogP contribution >= 0.6 is 0 Å². The van der Waals surface area contributed by atoms with Gasteiger partial charge in [-0.1, -0.05) is 30.7 Å². The average Bonchev–Trinajstić information content (AvgIpc) is 3.46. The molecule has 1 fully saturated rings. The lowest BCUT2D eigenvalue weighted by molar-refractivity contribution is -0.193. The maximum absolute atomic E-state index is 10.6. The van der Waals surface area contributed by atoms with Crippen LogP contribution in [0.4, 0.5) is 39.5 Å². The molecule has 2 aliphatic heterocycles. The van der Waals surface area contributed by atoms with Gasteiger partial charge in [-0.15, -0.1) is 0 Å². The Bertz CT molecular complexity index is 1450. The number of halogens is 9. The van der Waals surface area contributed by atoms with Crippen molar-refractivity contribution in [3.63, 3.8) is 0 Å². The van der Waals surface area contributed by atoms with Gasteiger partial charge in [-0.2, -0.15) is 39.5 Å². The van der Waals surface area contributed by atoms with Crippen molar-refractivity contribution in [3.8, 4) is 0 Å². The molecule has 2 aliphatic rings. The molecule has 1 atom stereocenters. The van der Waals surface area contributed by atoms with E-state index >= 15 is 0 Å². The third-order valence-corrected chi connectivity index (χ3v) is 6.68. The number of carboxylic acids is 3. The smallest absolute Gasteiger partial charge is 0.475 e. The molecule has 0 spiro atoms. The fourth-order valence-electron chi connectivity index (χ4n) is 4.59. The highest BCUT2D eigenvalue weighted by atomic mass is 19.4. The first-order chi connectivity index (χ1) is 22.2. The Morgan fingerprint density at radius 2 is 1.27 bits per heavy atom. The number of imidazole rings is 1. The highest BCUT2D eigenvalue weighted by Crippen LogP contribution is 2.25. The predicted molar refractivity (Wildman–Crippen MR) is 148 cm³/mol. The number of piperidine rings is 1. The van der Waals surface area contributed by atoms with Crippen LogP contribution in [0, 0.1) is 0 Å². The zero-order valence-electron chi connectivity index (χ0n) is 24.8. The van der Waals surface area contributed by atoms with Crippen LogP contribution in [0.2, 0.25) is 0 Å². The maximum Gasteiger partial charge on any atom is 0.490 e. The van der Waals surface area contributed by atoms with Crippen LogP contribution < -0.4 is 0 Å². The molecule has 0 amide bonds. The molecule has 0 radical (unpaired) electrons. The highest BCUT2D eigenvalue weighted by Gasteiger charge is 2.39. The van der Waals surface area contributed by atoms with Gasteiger partial charge in [0.05, 0.1) is 29.3 Å². The summed E-state index contributed by atoms with van der Waals surface area (Å²) in [6, 6.07) is 13.2. The second kappa shape index (κ2) is 17.1. The van der Waals surface area contributed by atoms with Crippen LogP contribution in [0.25, 0.3) is 10.9 Å². The Balaban J connectivity index is 0.000000313. The molecule has 0 bridgehead atoms. The van der Waals surface area contributed by atoms with Crippen LogP contribution in [-0.4, -0.2) is 102 Å². The zero-order chi connectivity index (χ0) is 36.3. The maximum atomic E-state index is 10.6. The molecule has 1 unspecified atom stereocenters. The summed E-state index contributed by atoms with van der Waals surface area (Å²) >= 11 is 0. The fourth-order valence-corrected chi connectivity index (χ4v) is 4.59. The lowest BCUT2D eigenvalue weighted by Crippen LogP contribution is -2.43. The number of aliphatic carboxylic acids is 3. The van der Waals surface area contributed by atoms with Gasteiger partial charge in [-0.25, -0.2) is 19.4 Å². The van der Waals surface area contributed by atoms with Gasteiger partial charge in [0.25, 0.3) is 0 Å². The number of nitrogens with zero attached hydrogens (tertiary/aromatic N) is 5. The van der Waals surface area contributed by atoms with Gasteiger partial charge >= 0.3 is 36.4 Å². The van der Waals surface area contributed by atoms with Crippen LogP contribution in [0.1, 0.15) is 36.7 Å². The summed E-state index contributed by atoms with van der Waals surface area (Å²) < 4.78 is 97.6. The monoisotopic (exact) mass is 703 g/mol. The Morgan fingerprint density at radius 1 is 0.750 bits per heavy atom. The molecule has 3 aromatic rings. The number of hydrogen-bond donors (Lipinski definition) is 3. The van der Waals surface area contributed by atoms with Crippen molar-refractivity contribution in [1.82, 2.24) is 24.3 Å². The van der Waals surface area contributed by atoms with E-state index in [1.807, 2.05) is 12.5 Å². The number of carboxylic acid groups (broad SMARTS) is 3. The summed E-state index contributed by atoms with van der Waals surface area (Å²) in [5.41, 5.74) is 3.56. The molecule has 1 aromatic carbocycles. The molecule has 20 heteroatoms. The number of pyridine rings is 1. The number of rotatable bonds is 4. The molecule has 266 valence electrons. The number of aromatic nitrogens is 3. The van der Waals surface area contributed by atoms with E-state index in [0.29, 0.717) is 6.04 Å². The van der Waals surface area contributed by atoms with Crippen molar-refractivity contribution < 1.29 is 69.2 Å². The third kappa shape index (κ3) is 13.3. The van der Waals surface area contributed by atoms with Gasteiger partial charge < -0.3 is 24.8 Å². The minimum absolute atomic E-state index is 0.481. The van der Waals surface area contributed by atoms with E-state index < -0.39 is 36.4 Å². The Kier molecular flexibility index (Phi) is 14.1. The van der Waals surface area contributed by atoms with Crippen molar-refractivity contribution in [2.45, 2.75) is 56.9 Å². The van der Waals surface area contributed by atoms with E-state index in [1.165, 1.54) is 43.4 Å². The van der Waals surface area contributed by atoms with Crippen molar-refractivity contribution >= 4 is 28.8 Å². The van der Waals surface area contributed by atoms with E-state index in [9.17, 15) is 39.5 Å². The van der Waals surface area contributed by atoms with Gasteiger partial charge in [-0.3, -0.25) is 9.88 Å².